The molecule has 0 amide bonds. The van der Waals surface area contributed by atoms with Crippen molar-refractivity contribution in [3.8, 4) is 11.6 Å². The van der Waals surface area contributed by atoms with Crippen LogP contribution < -0.4 is 10.2 Å². The van der Waals surface area contributed by atoms with Crippen LogP contribution in [0.4, 0.5) is 0 Å². The van der Waals surface area contributed by atoms with E-state index in [-0.39, 0.29) is 11.2 Å². The summed E-state index contributed by atoms with van der Waals surface area (Å²) >= 11 is 0. The van der Waals surface area contributed by atoms with E-state index in [0.29, 0.717) is 17.9 Å². The summed E-state index contributed by atoms with van der Waals surface area (Å²) in [6, 6.07) is 21.4. The number of hydrogen-bond acceptors (Lipinski definition) is 6. The van der Waals surface area contributed by atoms with Gasteiger partial charge >= 0.3 is 7.12 Å². The molecule has 1 fully saturated rings. The zero-order chi connectivity index (χ0) is 22.3. The van der Waals surface area contributed by atoms with Crippen LogP contribution in [-0.4, -0.2) is 38.1 Å². The molecule has 0 atom stereocenters. The van der Waals surface area contributed by atoms with E-state index in [1.54, 1.807) is 10.6 Å². The van der Waals surface area contributed by atoms with E-state index in [1.807, 2.05) is 48.5 Å². The van der Waals surface area contributed by atoms with Crippen molar-refractivity contribution < 1.29 is 14.0 Å². The quantitative estimate of drug-likeness (QED) is 0.451. The SMILES string of the molecule is CC1(C)OB(c2cccc(Cc3nnc4ccc(Oc5ccccc5)nn34)c2)OC1(C)C. The Labute approximate surface area is 187 Å². The second-order valence-electron chi connectivity index (χ2n) is 8.98. The van der Waals surface area contributed by atoms with Gasteiger partial charge in [0.25, 0.3) is 0 Å². The maximum absolute atomic E-state index is 6.20. The van der Waals surface area contributed by atoms with Gasteiger partial charge in [0.1, 0.15) is 5.75 Å². The Kier molecular flexibility index (Phi) is 4.99. The topological polar surface area (TPSA) is 70.8 Å². The number of rotatable bonds is 5. The Morgan fingerprint density at radius 3 is 2.38 bits per heavy atom. The van der Waals surface area contributed by atoms with Gasteiger partial charge in [0, 0.05) is 12.5 Å². The van der Waals surface area contributed by atoms with Gasteiger partial charge in [-0.25, -0.2) is 0 Å². The van der Waals surface area contributed by atoms with Gasteiger partial charge in [-0.2, -0.15) is 4.52 Å². The Bertz CT molecular complexity index is 1240. The van der Waals surface area contributed by atoms with Crippen LogP contribution >= 0.6 is 0 Å². The van der Waals surface area contributed by atoms with Crippen LogP contribution in [-0.2, 0) is 15.7 Å². The number of hydrogen-bond donors (Lipinski definition) is 0. The molecule has 2 aromatic carbocycles. The molecule has 4 aromatic rings. The summed E-state index contributed by atoms with van der Waals surface area (Å²) in [5, 5.41) is 13.2. The van der Waals surface area contributed by atoms with Crippen molar-refractivity contribution in [3.05, 3.63) is 78.1 Å². The molecule has 0 radical (unpaired) electrons. The number of benzene rings is 2. The molecule has 0 unspecified atom stereocenters. The molecule has 0 saturated carbocycles. The fourth-order valence-corrected chi connectivity index (χ4v) is 3.60. The molecular weight excluding hydrogens is 403 g/mol. The third-order valence-corrected chi connectivity index (χ3v) is 6.11. The van der Waals surface area contributed by atoms with Gasteiger partial charge in [-0.3, -0.25) is 0 Å². The van der Waals surface area contributed by atoms with Crippen molar-refractivity contribution in [2.24, 2.45) is 0 Å². The van der Waals surface area contributed by atoms with Gasteiger partial charge in [-0.15, -0.1) is 15.3 Å². The maximum Gasteiger partial charge on any atom is 0.494 e. The van der Waals surface area contributed by atoms with Crippen LogP contribution in [0, 0.1) is 0 Å². The minimum absolute atomic E-state index is 0.379. The Morgan fingerprint density at radius 2 is 1.62 bits per heavy atom. The number of ether oxygens (including phenoxy) is 1. The summed E-state index contributed by atoms with van der Waals surface area (Å²) in [5.41, 5.74) is 1.97. The monoisotopic (exact) mass is 428 g/mol. The predicted molar refractivity (Wildman–Crippen MR) is 122 cm³/mol. The van der Waals surface area contributed by atoms with Crippen molar-refractivity contribution in [1.29, 1.82) is 0 Å². The molecule has 7 nitrogen and oxygen atoms in total. The average molecular weight is 428 g/mol. The molecule has 1 aliphatic rings. The van der Waals surface area contributed by atoms with Crippen LogP contribution in [0.1, 0.15) is 39.1 Å². The van der Waals surface area contributed by atoms with Crippen LogP contribution in [0.3, 0.4) is 0 Å². The van der Waals surface area contributed by atoms with E-state index in [1.165, 1.54) is 0 Å². The molecule has 8 heteroatoms. The van der Waals surface area contributed by atoms with Crippen LogP contribution in [0.15, 0.2) is 66.7 Å². The molecule has 0 aliphatic carbocycles. The lowest BCUT2D eigenvalue weighted by molar-refractivity contribution is 0.00578. The van der Waals surface area contributed by atoms with E-state index >= 15 is 0 Å². The summed E-state index contributed by atoms with van der Waals surface area (Å²) in [4.78, 5) is 0. The first-order valence-corrected chi connectivity index (χ1v) is 10.7. The average Bonchev–Trinajstić information content (AvgIpc) is 3.25. The standard InChI is InChI=1S/C24H25BN4O3/c1-23(2)24(3,4)32-25(31-23)18-10-8-9-17(15-18)16-21-27-26-20-13-14-22(28-29(20)21)30-19-11-6-5-7-12-19/h5-15H,16H2,1-4H3. The van der Waals surface area contributed by atoms with E-state index < -0.39 is 7.12 Å². The normalized spacial score (nSPS) is 17.1. The maximum atomic E-state index is 6.20. The van der Waals surface area contributed by atoms with Gasteiger partial charge < -0.3 is 14.0 Å². The van der Waals surface area contributed by atoms with Crippen molar-refractivity contribution in [2.75, 3.05) is 0 Å². The molecule has 3 heterocycles. The zero-order valence-electron chi connectivity index (χ0n) is 18.6. The number of fused-ring (bicyclic) bond motifs is 1. The smallest absolute Gasteiger partial charge is 0.438 e. The second-order valence-corrected chi connectivity index (χ2v) is 8.98. The van der Waals surface area contributed by atoms with Crippen LogP contribution in [0.25, 0.3) is 5.65 Å². The molecule has 1 aliphatic heterocycles. The highest BCUT2D eigenvalue weighted by Crippen LogP contribution is 2.36. The van der Waals surface area contributed by atoms with Crippen LogP contribution in [0.2, 0.25) is 0 Å². The molecule has 32 heavy (non-hydrogen) atoms. The summed E-state index contributed by atoms with van der Waals surface area (Å²) in [7, 11) is -0.404. The predicted octanol–water partition coefficient (Wildman–Crippen LogP) is 3.81. The first kappa shape index (κ1) is 20.7. The van der Waals surface area contributed by atoms with Crippen molar-refractivity contribution in [3.63, 3.8) is 0 Å². The highest BCUT2D eigenvalue weighted by Gasteiger charge is 2.51. The zero-order valence-corrected chi connectivity index (χ0v) is 18.6. The molecule has 0 N–H and O–H groups in total. The molecule has 5 rings (SSSR count). The lowest BCUT2D eigenvalue weighted by Gasteiger charge is -2.32. The third-order valence-electron chi connectivity index (χ3n) is 6.11. The summed E-state index contributed by atoms with van der Waals surface area (Å²) < 4.78 is 20.0. The highest BCUT2D eigenvalue weighted by atomic mass is 16.7. The van der Waals surface area contributed by atoms with Gasteiger partial charge in [-0.1, -0.05) is 42.5 Å². The summed E-state index contributed by atoms with van der Waals surface area (Å²) in [5.74, 6) is 1.93. The van der Waals surface area contributed by atoms with E-state index in [2.05, 4.69) is 55.1 Å². The lowest BCUT2D eigenvalue weighted by atomic mass is 9.78. The first-order chi connectivity index (χ1) is 15.3. The van der Waals surface area contributed by atoms with Gasteiger partial charge in [0.2, 0.25) is 5.88 Å². The number of aromatic nitrogens is 4. The van der Waals surface area contributed by atoms with Crippen molar-refractivity contribution in [1.82, 2.24) is 19.8 Å². The van der Waals surface area contributed by atoms with Gasteiger partial charge in [-0.05, 0) is 56.9 Å². The van der Waals surface area contributed by atoms with Crippen molar-refractivity contribution in [2.45, 2.75) is 45.3 Å². The first-order valence-electron chi connectivity index (χ1n) is 10.7. The van der Waals surface area contributed by atoms with Gasteiger partial charge in [0.05, 0.1) is 11.2 Å². The minimum atomic E-state index is -0.404. The molecule has 162 valence electrons. The Balaban J connectivity index is 1.39. The summed E-state index contributed by atoms with van der Waals surface area (Å²) in [6.45, 7) is 8.22. The largest absolute Gasteiger partial charge is 0.494 e. The molecule has 0 spiro atoms. The lowest BCUT2D eigenvalue weighted by Crippen LogP contribution is -2.41. The summed E-state index contributed by atoms with van der Waals surface area (Å²) in [6.07, 6.45) is 0.566. The third kappa shape index (κ3) is 3.87. The Morgan fingerprint density at radius 1 is 0.875 bits per heavy atom. The van der Waals surface area contributed by atoms with E-state index in [9.17, 15) is 0 Å². The second kappa shape index (κ2) is 7.72. The fraction of sp³-hybridized carbons (Fsp3) is 0.292. The van der Waals surface area contributed by atoms with E-state index in [0.717, 1.165) is 22.6 Å². The molecule has 1 saturated heterocycles. The fourth-order valence-electron chi connectivity index (χ4n) is 3.60. The molecule has 0 bridgehead atoms. The highest BCUT2D eigenvalue weighted by molar-refractivity contribution is 6.62. The van der Waals surface area contributed by atoms with E-state index in [4.69, 9.17) is 14.0 Å². The number of nitrogens with zero attached hydrogens (tertiary/aromatic N) is 4. The molecule has 2 aromatic heterocycles. The minimum Gasteiger partial charge on any atom is -0.438 e. The Hall–Kier alpha value is -3.23. The van der Waals surface area contributed by atoms with Crippen LogP contribution in [0.5, 0.6) is 11.6 Å². The number of para-hydroxylation sites is 1. The van der Waals surface area contributed by atoms with Crippen molar-refractivity contribution >= 4 is 18.2 Å². The molecular formula is C24H25BN4O3. The van der Waals surface area contributed by atoms with Gasteiger partial charge in [0.15, 0.2) is 11.5 Å².